The van der Waals surface area contributed by atoms with E-state index in [0.29, 0.717) is 32.9 Å². The van der Waals surface area contributed by atoms with Crippen LogP contribution in [0.3, 0.4) is 0 Å². The van der Waals surface area contributed by atoms with E-state index >= 15 is 0 Å². The minimum Gasteiger partial charge on any atom is -0.488 e. The Morgan fingerprint density at radius 3 is 2.31 bits per heavy atom. The molecule has 0 aliphatic carbocycles. The van der Waals surface area contributed by atoms with Gasteiger partial charge in [0.1, 0.15) is 12.4 Å². The van der Waals surface area contributed by atoms with Gasteiger partial charge in [-0.1, -0.05) is 59.6 Å². The molecule has 186 valence electrons. The Labute approximate surface area is 225 Å². The molecule has 0 radical (unpaired) electrons. The Bertz CT molecular complexity index is 1270. The van der Waals surface area contributed by atoms with E-state index in [-0.39, 0.29) is 17.7 Å². The Balaban J connectivity index is 1.63. The van der Waals surface area contributed by atoms with Crippen LogP contribution in [0.5, 0.6) is 5.75 Å². The summed E-state index contributed by atoms with van der Waals surface area (Å²) >= 11 is 13.4. The largest absolute Gasteiger partial charge is 0.488 e. The number of carbonyl (C=O) groups is 2. The predicted octanol–water partition coefficient (Wildman–Crippen LogP) is 7.66. The summed E-state index contributed by atoms with van der Waals surface area (Å²) in [5.74, 6) is 0.256. The molecule has 1 fully saturated rings. The molecule has 0 aromatic heterocycles. The lowest BCUT2D eigenvalue weighted by Gasteiger charge is -2.22. The molecule has 3 aromatic rings. The number of rotatable bonds is 9. The summed E-state index contributed by atoms with van der Waals surface area (Å²) < 4.78 is 6.20. The lowest BCUT2D eigenvalue weighted by Crippen LogP contribution is -2.27. The first-order valence-corrected chi connectivity index (χ1v) is 13.2. The summed E-state index contributed by atoms with van der Waals surface area (Å²) in [6, 6.07) is 20.9. The molecule has 0 N–H and O–H groups in total. The summed E-state index contributed by atoms with van der Waals surface area (Å²) in [6.07, 6.45) is 1.71. The van der Waals surface area contributed by atoms with Gasteiger partial charge in [-0.3, -0.25) is 14.5 Å². The van der Waals surface area contributed by atoms with Crippen LogP contribution in [0.2, 0.25) is 10.0 Å². The average molecular weight is 542 g/mol. The smallest absolute Gasteiger partial charge is 0.293 e. The third-order valence-corrected chi connectivity index (χ3v) is 7.52. The summed E-state index contributed by atoms with van der Waals surface area (Å²) in [6.45, 7) is 6.32. The van der Waals surface area contributed by atoms with E-state index in [4.69, 9.17) is 27.9 Å². The second-order valence-electron chi connectivity index (χ2n) is 8.14. The van der Waals surface area contributed by atoms with Gasteiger partial charge in [-0.05, 0) is 61.5 Å². The van der Waals surface area contributed by atoms with Crippen molar-refractivity contribution in [3.05, 3.63) is 98.4 Å². The first-order chi connectivity index (χ1) is 17.4. The van der Waals surface area contributed by atoms with Gasteiger partial charge < -0.3 is 9.64 Å². The van der Waals surface area contributed by atoms with Gasteiger partial charge in [-0.2, -0.15) is 0 Å². The number of hydrogen-bond acceptors (Lipinski definition) is 5. The SMILES string of the molecule is CCN(CC)c1ccc(/C=C2/SC(=O)N(Cc3c(Cl)cccc3Cl)C2=O)c(OCc2ccccc2)c1. The zero-order chi connectivity index (χ0) is 25.7. The number of anilines is 1. The van der Waals surface area contributed by atoms with Crippen LogP contribution in [0.25, 0.3) is 6.08 Å². The third kappa shape index (κ3) is 5.89. The average Bonchev–Trinajstić information content (AvgIpc) is 3.14. The molecule has 4 rings (SSSR count). The molecule has 36 heavy (non-hydrogen) atoms. The molecule has 1 aliphatic rings. The molecule has 0 saturated carbocycles. The maximum absolute atomic E-state index is 13.2. The quantitative estimate of drug-likeness (QED) is 0.261. The fourth-order valence-electron chi connectivity index (χ4n) is 3.91. The van der Waals surface area contributed by atoms with Gasteiger partial charge in [0.25, 0.3) is 11.1 Å². The molecule has 1 heterocycles. The van der Waals surface area contributed by atoms with Crippen molar-refractivity contribution in [3.63, 3.8) is 0 Å². The van der Waals surface area contributed by atoms with Gasteiger partial charge in [0.15, 0.2) is 0 Å². The summed E-state index contributed by atoms with van der Waals surface area (Å²) in [5.41, 5.74) is 3.33. The topological polar surface area (TPSA) is 49.9 Å². The van der Waals surface area contributed by atoms with Crippen molar-refractivity contribution >= 4 is 57.9 Å². The summed E-state index contributed by atoms with van der Waals surface area (Å²) in [7, 11) is 0. The standard InChI is InChI=1S/C28H26Cl2N2O3S/c1-3-31(4-2)21-14-13-20(25(16-21)35-18-19-9-6-5-7-10-19)15-26-27(33)32(28(34)36-26)17-22-23(29)11-8-12-24(22)30/h5-16H,3-4,17-18H2,1-2H3/b26-15+. The molecule has 0 unspecified atom stereocenters. The van der Waals surface area contributed by atoms with Gasteiger partial charge in [0.05, 0.1) is 11.4 Å². The first-order valence-electron chi connectivity index (χ1n) is 11.6. The Morgan fingerprint density at radius 2 is 1.64 bits per heavy atom. The van der Waals surface area contributed by atoms with Crippen molar-refractivity contribution < 1.29 is 14.3 Å². The van der Waals surface area contributed by atoms with Crippen molar-refractivity contribution in [2.75, 3.05) is 18.0 Å². The first kappa shape index (κ1) is 26.1. The van der Waals surface area contributed by atoms with Crippen molar-refractivity contribution in [1.82, 2.24) is 4.90 Å². The lowest BCUT2D eigenvalue weighted by molar-refractivity contribution is -0.123. The predicted molar refractivity (Wildman–Crippen MR) is 149 cm³/mol. The zero-order valence-corrected chi connectivity index (χ0v) is 22.4. The van der Waals surface area contributed by atoms with E-state index in [2.05, 4.69) is 18.7 Å². The molecule has 8 heteroatoms. The van der Waals surface area contributed by atoms with Crippen LogP contribution >= 0.6 is 35.0 Å². The zero-order valence-electron chi connectivity index (χ0n) is 20.0. The molecule has 0 spiro atoms. The van der Waals surface area contributed by atoms with Gasteiger partial charge >= 0.3 is 0 Å². The van der Waals surface area contributed by atoms with E-state index < -0.39 is 0 Å². The van der Waals surface area contributed by atoms with Crippen LogP contribution < -0.4 is 9.64 Å². The maximum atomic E-state index is 13.2. The Morgan fingerprint density at radius 1 is 0.944 bits per heavy atom. The van der Waals surface area contributed by atoms with E-state index in [1.807, 2.05) is 48.5 Å². The number of benzene rings is 3. The second kappa shape index (κ2) is 11.9. The van der Waals surface area contributed by atoms with Crippen molar-refractivity contribution in [2.45, 2.75) is 27.0 Å². The number of ether oxygens (including phenoxy) is 1. The van der Waals surface area contributed by atoms with Crippen LogP contribution in [0.1, 0.15) is 30.5 Å². The summed E-state index contributed by atoms with van der Waals surface area (Å²) in [4.78, 5) is 29.6. The van der Waals surface area contributed by atoms with Gasteiger partial charge in [0.2, 0.25) is 0 Å². The highest BCUT2D eigenvalue weighted by Gasteiger charge is 2.36. The third-order valence-electron chi connectivity index (χ3n) is 5.90. The molecule has 0 bridgehead atoms. The number of amides is 2. The monoisotopic (exact) mass is 540 g/mol. The minimum absolute atomic E-state index is 0.0127. The van der Waals surface area contributed by atoms with Crippen LogP contribution in [-0.2, 0) is 17.9 Å². The van der Waals surface area contributed by atoms with Crippen molar-refractivity contribution in [1.29, 1.82) is 0 Å². The fraction of sp³-hybridized carbons (Fsp3) is 0.214. The van der Waals surface area contributed by atoms with E-state index in [1.165, 1.54) is 4.90 Å². The number of nitrogens with zero attached hydrogens (tertiary/aromatic N) is 2. The van der Waals surface area contributed by atoms with Crippen LogP contribution in [0.15, 0.2) is 71.6 Å². The van der Waals surface area contributed by atoms with Gasteiger partial charge in [-0.15, -0.1) is 0 Å². The molecule has 3 aromatic carbocycles. The van der Waals surface area contributed by atoms with E-state index in [9.17, 15) is 9.59 Å². The maximum Gasteiger partial charge on any atom is 0.293 e. The van der Waals surface area contributed by atoms with Crippen LogP contribution in [-0.4, -0.2) is 29.1 Å². The van der Waals surface area contributed by atoms with Crippen LogP contribution in [0, 0.1) is 0 Å². The molecular weight excluding hydrogens is 515 g/mol. The number of thioether (sulfide) groups is 1. The van der Waals surface area contributed by atoms with Crippen molar-refractivity contribution in [2.24, 2.45) is 0 Å². The number of halogens is 2. The Hall–Kier alpha value is -2.93. The molecular formula is C28H26Cl2N2O3S. The number of carbonyl (C=O) groups excluding carboxylic acids is 2. The minimum atomic E-state index is -0.386. The normalized spacial score (nSPS) is 14.6. The second-order valence-corrected chi connectivity index (χ2v) is 9.94. The molecule has 5 nitrogen and oxygen atoms in total. The number of hydrogen-bond donors (Lipinski definition) is 0. The van der Waals surface area contributed by atoms with E-state index in [0.717, 1.165) is 41.7 Å². The highest BCUT2D eigenvalue weighted by Crippen LogP contribution is 2.37. The molecule has 1 saturated heterocycles. The number of imide groups is 1. The molecule has 2 amide bonds. The molecule has 1 aliphatic heterocycles. The lowest BCUT2D eigenvalue weighted by atomic mass is 10.1. The highest BCUT2D eigenvalue weighted by molar-refractivity contribution is 8.18. The van der Waals surface area contributed by atoms with Crippen LogP contribution in [0.4, 0.5) is 10.5 Å². The van der Waals surface area contributed by atoms with Crippen molar-refractivity contribution in [3.8, 4) is 5.75 Å². The fourth-order valence-corrected chi connectivity index (χ4v) is 5.25. The summed E-state index contributed by atoms with van der Waals surface area (Å²) in [5, 5.41) is 0.456. The van der Waals surface area contributed by atoms with E-state index in [1.54, 1.807) is 24.3 Å². The Kier molecular flexibility index (Phi) is 8.62. The van der Waals surface area contributed by atoms with Gasteiger partial charge in [0, 0.05) is 46.0 Å². The highest BCUT2D eigenvalue weighted by atomic mass is 35.5. The van der Waals surface area contributed by atoms with Gasteiger partial charge in [-0.25, -0.2) is 0 Å². The molecule has 0 atom stereocenters.